The van der Waals surface area contributed by atoms with Gasteiger partial charge in [0.15, 0.2) is 4.38 Å². The molecule has 0 saturated heterocycles. The number of carbonyl (C=O) groups is 1. The first-order valence-corrected chi connectivity index (χ1v) is 13.8. The Morgan fingerprint density at radius 1 is 1.23 bits per heavy atom. The van der Waals surface area contributed by atoms with Crippen molar-refractivity contribution in [3.05, 3.63) is 52.5 Å². The Bertz CT molecular complexity index is 1330. The second kappa shape index (κ2) is 10.6. The van der Waals surface area contributed by atoms with Gasteiger partial charge in [-0.1, -0.05) is 46.7 Å². The van der Waals surface area contributed by atoms with E-state index in [9.17, 15) is 9.18 Å². The molecule has 2 heterocycles. The average Bonchev–Trinajstić information content (AvgIpc) is 3.59. The summed E-state index contributed by atoms with van der Waals surface area (Å²) >= 11 is 19.7. The summed E-state index contributed by atoms with van der Waals surface area (Å²) in [7, 11) is 0. The second-order valence-corrected chi connectivity index (χ2v) is 12.0. The number of hydrogen-bond donors (Lipinski definition) is 3. The number of benzene rings is 2. The van der Waals surface area contributed by atoms with Crippen LogP contribution in [0.5, 0.6) is 0 Å². The molecule has 5 rings (SSSR count). The first kappa shape index (κ1) is 24.8. The molecule has 0 bridgehead atoms. The molecule has 13 heteroatoms. The number of nitrogens with one attached hydrogen (secondary N) is 2. The number of hydrazone groups is 1. The molecule has 1 aliphatic heterocycles. The van der Waals surface area contributed by atoms with E-state index >= 15 is 0 Å². The third-order valence-corrected chi connectivity index (χ3v) is 8.95. The van der Waals surface area contributed by atoms with Crippen LogP contribution < -0.4 is 10.6 Å². The van der Waals surface area contributed by atoms with E-state index in [0.717, 1.165) is 22.1 Å². The average molecular weight is 570 g/mol. The van der Waals surface area contributed by atoms with Gasteiger partial charge in [-0.05, 0) is 49.1 Å². The number of anilines is 3. The number of rotatable bonds is 7. The molecule has 3 aromatic rings. The molecule has 1 atom stereocenters. The lowest BCUT2D eigenvalue weighted by Gasteiger charge is -2.17. The van der Waals surface area contributed by atoms with E-state index in [-0.39, 0.29) is 32.9 Å². The maximum absolute atomic E-state index is 14.4. The van der Waals surface area contributed by atoms with E-state index in [0.29, 0.717) is 22.4 Å². The molecule has 1 unspecified atom stereocenters. The molecule has 0 spiro atoms. The Balaban J connectivity index is 1.29. The van der Waals surface area contributed by atoms with Crippen LogP contribution in [0.25, 0.3) is 10.9 Å². The van der Waals surface area contributed by atoms with Crippen LogP contribution in [0.4, 0.5) is 21.6 Å². The van der Waals surface area contributed by atoms with Crippen LogP contribution in [-0.4, -0.2) is 42.3 Å². The maximum atomic E-state index is 14.4. The van der Waals surface area contributed by atoms with E-state index in [2.05, 4.69) is 38.3 Å². The number of nitrogens with zero attached hydrogens (tertiary/aromatic N) is 4. The van der Waals surface area contributed by atoms with Crippen molar-refractivity contribution < 1.29 is 9.18 Å². The van der Waals surface area contributed by atoms with Crippen molar-refractivity contribution in [2.75, 3.05) is 22.9 Å². The highest BCUT2D eigenvalue weighted by atomic mass is 35.5. The quantitative estimate of drug-likeness (QED) is 0.223. The number of fused-ring (bicyclic) bond motifs is 1. The number of thiol groups is 1. The highest BCUT2D eigenvalue weighted by molar-refractivity contribution is 8.41. The minimum absolute atomic E-state index is 0.0670. The lowest BCUT2D eigenvalue weighted by Crippen LogP contribution is -2.30. The molecule has 0 radical (unpaired) electrons. The summed E-state index contributed by atoms with van der Waals surface area (Å²) in [6.07, 6.45) is 3.95. The molecule has 1 aromatic heterocycles. The molecule has 7 nitrogen and oxygen atoms in total. The van der Waals surface area contributed by atoms with Gasteiger partial charge >= 0.3 is 0 Å². The number of aromatic nitrogens is 2. The highest BCUT2D eigenvalue weighted by Crippen LogP contribution is 2.39. The number of halogens is 3. The molecule has 1 saturated carbocycles. The smallest absolute Gasteiger partial charge is 0.245 e. The largest absolute Gasteiger partial charge is 0.337 e. The molecule has 2 aromatic carbocycles. The molecule has 2 N–H and O–H groups in total. The van der Waals surface area contributed by atoms with E-state index in [1.54, 1.807) is 46.7 Å². The summed E-state index contributed by atoms with van der Waals surface area (Å²) in [6, 6.07) is 7.74. The monoisotopic (exact) mass is 568 g/mol. The molecular weight excluding hydrogens is 550 g/mol. The first-order chi connectivity index (χ1) is 16.9. The van der Waals surface area contributed by atoms with Gasteiger partial charge < -0.3 is 10.6 Å². The molecule has 35 heavy (non-hydrogen) atoms. The summed E-state index contributed by atoms with van der Waals surface area (Å²) in [6.45, 7) is 0.0670. The maximum Gasteiger partial charge on any atom is 0.245 e. The topological polar surface area (TPSA) is 82.5 Å². The first-order valence-electron chi connectivity index (χ1n) is 10.6. The van der Waals surface area contributed by atoms with Crippen molar-refractivity contribution in [2.45, 2.75) is 17.5 Å². The van der Waals surface area contributed by atoms with Crippen LogP contribution in [0.1, 0.15) is 12.8 Å². The molecule has 1 aliphatic carbocycles. The van der Waals surface area contributed by atoms with Crippen molar-refractivity contribution in [1.29, 1.82) is 0 Å². The Hall–Kier alpha value is -1.92. The van der Waals surface area contributed by atoms with Gasteiger partial charge in [0, 0.05) is 16.8 Å². The van der Waals surface area contributed by atoms with E-state index < -0.39 is 5.82 Å². The van der Waals surface area contributed by atoms with E-state index in [1.807, 2.05) is 0 Å². The fourth-order valence-electron chi connectivity index (χ4n) is 3.31. The van der Waals surface area contributed by atoms with Gasteiger partial charge in [-0.3, -0.25) is 9.80 Å². The summed E-state index contributed by atoms with van der Waals surface area (Å²) < 4.78 is 15.1. The molecule has 2 aliphatic rings. The normalized spacial score (nSPS) is 17.5. The third-order valence-electron chi connectivity index (χ3n) is 5.30. The zero-order valence-electron chi connectivity index (χ0n) is 18.0. The van der Waals surface area contributed by atoms with Crippen LogP contribution >= 0.6 is 59.4 Å². The Kier molecular flexibility index (Phi) is 7.50. The van der Waals surface area contributed by atoms with Gasteiger partial charge in [-0.2, -0.15) is 5.10 Å². The SMILES string of the molecule is O=C(CN1N=C(SCC2CC2)SC1S)Nc1ccc2ncnc(Nc3cc(Cl)c(Cl)cc3F)c2c1. The van der Waals surface area contributed by atoms with Crippen molar-refractivity contribution in [3.8, 4) is 0 Å². The van der Waals surface area contributed by atoms with Gasteiger partial charge in [0.2, 0.25) is 5.91 Å². The van der Waals surface area contributed by atoms with Gasteiger partial charge in [0.25, 0.3) is 0 Å². The molecular formula is C22H19Cl2FN6OS3. The van der Waals surface area contributed by atoms with Gasteiger partial charge in [-0.15, -0.1) is 12.6 Å². The number of carbonyl (C=O) groups excluding carboxylic acids is 1. The van der Waals surface area contributed by atoms with Crippen LogP contribution in [0.3, 0.4) is 0 Å². The Morgan fingerprint density at radius 2 is 2.03 bits per heavy atom. The highest BCUT2D eigenvalue weighted by Gasteiger charge is 2.29. The number of thioether (sulfide) groups is 2. The lowest BCUT2D eigenvalue weighted by atomic mass is 10.2. The van der Waals surface area contributed by atoms with Gasteiger partial charge in [-0.25, -0.2) is 14.4 Å². The lowest BCUT2D eigenvalue weighted by molar-refractivity contribution is -0.117. The van der Waals surface area contributed by atoms with Crippen molar-refractivity contribution >= 4 is 97.7 Å². The van der Waals surface area contributed by atoms with Gasteiger partial charge in [0.1, 0.15) is 29.2 Å². The van der Waals surface area contributed by atoms with Crippen LogP contribution in [0.15, 0.2) is 41.8 Å². The minimum atomic E-state index is -0.573. The fourth-order valence-corrected chi connectivity index (χ4v) is 6.47. The van der Waals surface area contributed by atoms with Crippen LogP contribution in [0.2, 0.25) is 10.0 Å². The van der Waals surface area contributed by atoms with Crippen molar-refractivity contribution in [2.24, 2.45) is 11.0 Å². The third kappa shape index (κ3) is 6.08. The summed E-state index contributed by atoms with van der Waals surface area (Å²) in [5.41, 5.74) is 1.28. The second-order valence-electron chi connectivity index (χ2n) is 8.04. The molecule has 1 amide bonds. The van der Waals surface area contributed by atoms with Crippen molar-refractivity contribution in [1.82, 2.24) is 15.0 Å². The number of hydrogen-bond acceptors (Lipinski definition) is 9. The zero-order chi connectivity index (χ0) is 24.5. The minimum Gasteiger partial charge on any atom is -0.337 e. The van der Waals surface area contributed by atoms with Crippen LogP contribution in [0, 0.1) is 11.7 Å². The molecule has 1 fully saturated rings. The fraction of sp³-hybridized carbons (Fsp3) is 0.273. The standard InChI is InChI=1S/C22H19Cl2FN6OS3/c23-14-6-16(25)18(7-15(14)24)29-20-13-5-12(3-4-17(13)26-10-27-20)28-19(32)8-31-22(33)35-21(30-31)34-9-11-1-2-11/h3-7,10-11,22,33H,1-2,8-9H2,(H,28,32)(H,26,27,29). The predicted octanol–water partition coefficient (Wildman–Crippen LogP) is 6.43. The zero-order valence-corrected chi connectivity index (χ0v) is 22.1. The summed E-state index contributed by atoms with van der Waals surface area (Å²) in [5, 5.41) is 12.9. The predicted molar refractivity (Wildman–Crippen MR) is 148 cm³/mol. The summed E-state index contributed by atoms with van der Waals surface area (Å²) in [4.78, 5) is 21.2. The van der Waals surface area contributed by atoms with E-state index in [1.165, 1.54) is 25.2 Å². The van der Waals surface area contributed by atoms with E-state index in [4.69, 9.17) is 23.2 Å². The van der Waals surface area contributed by atoms with Gasteiger partial charge in [0.05, 0.1) is 21.2 Å². The number of amides is 1. The molecule has 182 valence electrons. The van der Waals surface area contributed by atoms with Crippen molar-refractivity contribution in [3.63, 3.8) is 0 Å². The summed E-state index contributed by atoms with van der Waals surface area (Å²) in [5.74, 6) is 1.41. The Labute approximate surface area is 225 Å². The Morgan fingerprint density at radius 3 is 2.83 bits per heavy atom. The van der Waals surface area contributed by atoms with Crippen LogP contribution in [-0.2, 0) is 4.79 Å².